The van der Waals surface area contributed by atoms with Crippen LogP contribution in [0.2, 0.25) is 0 Å². The second-order valence-corrected chi connectivity index (χ2v) is 5.23. The van der Waals surface area contributed by atoms with Crippen LogP contribution >= 0.6 is 0 Å². The molecule has 9 heteroatoms. The first-order valence-corrected chi connectivity index (χ1v) is 7.31. The summed E-state index contributed by atoms with van der Waals surface area (Å²) < 4.78 is 19.6. The summed E-state index contributed by atoms with van der Waals surface area (Å²) in [7, 11) is 0. The Kier molecular flexibility index (Phi) is 4.09. The second-order valence-electron chi connectivity index (χ2n) is 5.23. The Bertz CT molecular complexity index is 772. The minimum absolute atomic E-state index is 0.0915. The van der Waals surface area contributed by atoms with Crippen molar-refractivity contribution >= 4 is 5.91 Å². The number of aromatic nitrogens is 4. The lowest BCUT2D eigenvalue weighted by Gasteiger charge is -2.16. The van der Waals surface area contributed by atoms with E-state index in [1.165, 1.54) is 12.5 Å². The molecule has 1 aliphatic heterocycles. The fourth-order valence-electron chi connectivity index (χ4n) is 2.50. The van der Waals surface area contributed by atoms with Gasteiger partial charge in [0.15, 0.2) is 0 Å². The van der Waals surface area contributed by atoms with E-state index >= 15 is 0 Å². The van der Waals surface area contributed by atoms with Gasteiger partial charge in [-0.15, -0.1) is 0 Å². The first-order valence-electron chi connectivity index (χ1n) is 7.31. The number of ether oxygens (including phenoxy) is 1. The molecule has 1 aliphatic rings. The molecule has 8 nitrogen and oxygen atoms in total. The molecule has 0 aliphatic carbocycles. The van der Waals surface area contributed by atoms with E-state index < -0.39 is 11.5 Å². The van der Waals surface area contributed by atoms with Crippen molar-refractivity contribution in [3.63, 3.8) is 0 Å². The summed E-state index contributed by atoms with van der Waals surface area (Å²) in [5.41, 5.74) is 0.0541. The Morgan fingerprint density at radius 2 is 2.35 bits per heavy atom. The monoisotopic (exact) mass is 321 g/mol. The summed E-state index contributed by atoms with van der Waals surface area (Å²) >= 11 is 0. The fourth-order valence-corrected chi connectivity index (χ4v) is 2.50. The normalized spacial score (nSPS) is 17.5. The number of hydrogen-bond acceptors (Lipinski definition) is 5. The lowest BCUT2D eigenvalue weighted by atomic mass is 10.3. The van der Waals surface area contributed by atoms with E-state index in [-0.39, 0.29) is 23.6 Å². The third-order valence-corrected chi connectivity index (χ3v) is 3.70. The third kappa shape index (κ3) is 3.08. The Morgan fingerprint density at radius 1 is 1.52 bits per heavy atom. The summed E-state index contributed by atoms with van der Waals surface area (Å²) in [6.07, 6.45) is 3.25. The van der Waals surface area contributed by atoms with Crippen LogP contribution in [-0.2, 0) is 6.42 Å². The van der Waals surface area contributed by atoms with Gasteiger partial charge in [-0.2, -0.15) is 9.37 Å². The molecule has 0 unspecified atom stereocenters. The SMILES string of the molecule is CCc1ncnc(O[C@H]2CCN(C(=O)c3c[nH]c(=O)[nH]3)C2)c1F. The molecule has 122 valence electrons. The van der Waals surface area contributed by atoms with Crippen molar-refractivity contribution < 1.29 is 13.9 Å². The van der Waals surface area contributed by atoms with Crippen LogP contribution in [0.1, 0.15) is 29.5 Å². The maximum absolute atomic E-state index is 14.1. The lowest BCUT2D eigenvalue weighted by Crippen LogP contribution is -2.31. The van der Waals surface area contributed by atoms with Crippen molar-refractivity contribution in [2.75, 3.05) is 13.1 Å². The molecule has 1 fully saturated rings. The number of nitrogens with one attached hydrogen (secondary N) is 2. The van der Waals surface area contributed by atoms with E-state index in [1.54, 1.807) is 11.8 Å². The van der Waals surface area contributed by atoms with Gasteiger partial charge in [-0.05, 0) is 6.42 Å². The number of hydrogen-bond donors (Lipinski definition) is 2. The number of likely N-dealkylation sites (tertiary alicyclic amines) is 1. The number of aryl methyl sites for hydroxylation is 1. The zero-order chi connectivity index (χ0) is 16.4. The van der Waals surface area contributed by atoms with Crippen molar-refractivity contribution in [3.05, 3.63) is 40.2 Å². The molecule has 0 bridgehead atoms. The fraction of sp³-hybridized carbons (Fsp3) is 0.429. The van der Waals surface area contributed by atoms with Gasteiger partial charge in [-0.25, -0.2) is 9.78 Å². The molecular formula is C14H16FN5O3. The molecule has 3 rings (SSSR count). The largest absolute Gasteiger partial charge is 0.470 e. The molecule has 1 amide bonds. The topological polar surface area (TPSA) is 104 Å². The summed E-state index contributed by atoms with van der Waals surface area (Å²) in [6.45, 7) is 2.56. The number of nitrogens with zero attached hydrogens (tertiary/aromatic N) is 3. The number of aromatic amines is 2. The van der Waals surface area contributed by atoms with Crippen molar-refractivity contribution in [1.82, 2.24) is 24.8 Å². The zero-order valence-electron chi connectivity index (χ0n) is 12.5. The lowest BCUT2D eigenvalue weighted by molar-refractivity contribution is 0.0764. The first-order chi connectivity index (χ1) is 11.1. The molecule has 23 heavy (non-hydrogen) atoms. The van der Waals surface area contributed by atoms with Crippen molar-refractivity contribution in [2.24, 2.45) is 0 Å². The predicted octanol–water partition coefficient (Wildman–Crippen LogP) is 0.488. The van der Waals surface area contributed by atoms with Crippen molar-refractivity contribution in [2.45, 2.75) is 25.9 Å². The van der Waals surface area contributed by atoms with Gasteiger partial charge in [-0.3, -0.25) is 4.79 Å². The van der Waals surface area contributed by atoms with Crippen LogP contribution in [0.3, 0.4) is 0 Å². The highest BCUT2D eigenvalue weighted by molar-refractivity contribution is 5.92. The van der Waals surface area contributed by atoms with Gasteiger partial charge in [0.25, 0.3) is 11.8 Å². The highest BCUT2D eigenvalue weighted by Gasteiger charge is 2.30. The Hall–Kier alpha value is -2.71. The highest BCUT2D eigenvalue weighted by atomic mass is 19.1. The molecule has 0 aromatic carbocycles. The van der Waals surface area contributed by atoms with E-state index in [1.807, 2.05) is 0 Å². The summed E-state index contributed by atoms with van der Waals surface area (Å²) in [4.78, 5) is 37.3. The quantitative estimate of drug-likeness (QED) is 0.853. The number of imidazole rings is 1. The smallest absolute Gasteiger partial charge is 0.323 e. The highest BCUT2D eigenvalue weighted by Crippen LogP contribution is 2.21. The molecule has 3 heterocycles. The molecule has 2 aromatic rings. The van der Waals surface area contributed by atoms with Gasteiger partial charge in [0.1, 0.15) is 18.1 Å². The van der Waals surface area contributed by atoms with Gasteiger partial charge in [-0.1, -0.05) is 6.92 Å². The van der Waals surface area contributed by atoms with Gasteiger partial charge in [0.2, 0.25) is 5.82 Å². The van der Waals surface area contributed by atoms with Gasteiger partial charge in [0.05, 0.1) is 12.2 Å². The Labute approximate surface area is 130 Å². The van der Waals surface area contributed by atoms with E-state index in [0.29, 0.717) is 31.6 Å². The summed E-state index contributed by atoms with van der Waals surface area (Å²) in [5.74, 6) is -0.951. The van der Waals surface area contributed by atoms with Crippen LogP contribution in [0.4, 0.5) is 4.39 Å². The maximum atomic E-state index is 14.1. The average Bonchev–Trinajstić information content (AvgIpc) is 3.18. The second kappa shape index (κ2) is 6.19. The molecule has 1 saturated heterocycles. The predicted molar refractivity (Wildman–Crippen MR) is 77.7 cm³/mol. The van der Waals surface area contributed by atoms with Gasteiger partial charge < -0.3 is 19.6 Å². The van der Waals surface area contributed by atoms with Crippen LogP contribution in [0.5, 0.6) is 5.88 Å². The summed E-state index contributed by atoms with van der Waals surface area (Å²) in [5, 5.41) is 0. The van der Waals surface area contributed by atoms with Crippen molar-refractivity contribution in [1.29, 1.82) is 0 Å². The van der Waals surface area contributed by atoms with Gasteiger partial charge in [0, 0.05) is 19.2 Å². The number of H-pyrrole nitrogens is 2. The minimum Gasteiger partial charge on any atom is -0.470 e. The van der Waals surface area contributed by atoms with Gasteiger partial charge >= 0.3 is 5.69 Å². The molecule has 2 N–H and O–H groups in total. The average molecular weight is 321 g/mol. The molecule has 1 atom stereocenters. The van der Waals surface area contributed by atoms with Crippen LogP contribution in [0, 0.1) is 5.82 Å². The minimum atomic E-state index is -0.560. The van der Waals surface area contributed by atoms with Crippen LogP contribution in [0.15, 0.2) is 17.3 Å². The van der Waals surface area contributed by atoms with E-state index in [0.717, 1.165) is 0 Å². The Balaban J connectivity index is 1.66. The molecule has 0 spiro atoms. The third-order valence-electron chi connectivity index (χ3n) is 3.70. The first kappa shape index (κ1) is 15.2. The maximum Gasteiger partial charge on any atom is 0.323 e. The standard InChI is InChI=1S/C14H16FN5O3/c1-2-9-11(15)12(18-7-17-9)23-8-3-4-20(6-8)13(21)10-5-16-14(22)19-10/h5,7-8H,2-4,6H2,1H3,(H2,16,19,22)/t8-/m0/s1. The number of carbonyl (C=O) groups is 1. The number of halogens is 1. The number of carbonyl (C=O) groups excluding carboxylic acids is 1. The van der Waals surface area contributed by atoms with Crippen LogP contribution < -0.4 is 10.4 Å². The van der Waals surface area contributed by atoms with Crippen molar-refractivity contribution in [3.8, 4) is 5.88 Å². The molecule has 0 saturated carbocycles. The van der Waals surface area contributed by atoms with E-state index in [9.17, 15) is 14.0 Å². The Morgan fingerprint density at radius 3 is 3.04 bits per heavy atom. The zero-order valence-corrected chi connectivity index (χ0v) is 12.5. The molecule has 2 aromatic heterocycles. The molecular weight excluding hydrogens is 305 g/mol. The van der Waals surface area contributed by atoms with Crippen LogP contribution in [0.25, 0.3) is 0 Å². The van der Waals surface area contributed by atoms with E-state index in [4.69, 9.17) is 4.74 Å². The number of amides is 1. The number of rotatable bonds is 4. The van der Waals surface area contributed by atoms with Crippen LogP contribution in [-0.4, -0.2) is 49.9 Å². The molecule has 0 radical (unpaired) electrons. The summed E-state index contributed by atoms with van der Waals surface area (Å²) in [6, 6.07) is 0. The van der Waals surface area contributed by atoms with E-state index in [2.05, 4.69) is 19.9 Å².